The Morgan fingerprint density at radius 2 is 1.88 bits per heavy atom. The lowest BCUT2D eigenvalue weighted by Crippen LogP contribution is -2.42. The van der Waals surface area contributed by atoms with E-state index in [2.05, 4.69) is 16.8 Å². The van der Waals surface area contributed by atoms with E-state index in [4.69, 9.17) is 4.74 Å². The van der Waals surface area contributed by atoms with Crippen molar-refractivity contribution in [3.05, 3.63) is 40.6 Å². The second-order valence-corrected chi connectivity index (χ2v) is 6.99. The molecule has 26 heavy (non-hydrogen) atoms. The molecule has 1 aromatic rings. The van der Waals surface area contributed by atoms with Gasteiger partial charge in [0.25, 0.3) is 0 Å². The molecule has 7 heteroatoms. The molecule has 0 aromatic heterocycles. The quantitative estimate of drug-likeness (QED) is 0.747. The third-order valence-electron chi connectivity index (χ3n) is 5.28. The molecule has 0 bridgehead atoms. The molecule has 3 N–H and O–H groups in total. The Morgan fingerprint density at radius 3 is 2.46 bits per heavy atom. The Labute approximate surface area is 152 Å². The number of carbonyl (C=O) groups excluding carboxylic acids is 1. The Kier molecular flexibility index (Phi) is 4.55. The molecule has 3 aliphatic rings. The largest absolute Gasteiger partial charge is 0.478 e. The molecule has 1 aliphatic heterocycles. The highest BCUT2D eigenvalue weighted by Gasteiger charge is 2.28. The number of hydrogen-bond donors (Lipinski definition) is 3. The topological polar surface area (TPSA) is 90.9 Å². The van der Waals surface area contributed by atoms with Gasteiger partial charge in [0.1, 0.15) is 0 Å². The zero-order chi connectivity index (χ0) is 18.1. The third kappa shape index (κ3) is 3.26. The Bertz CT molecular complexity index is 742. The highest BCUT2D eigenvalue weighted by Crippen LogP contribution is 2.38. The van der Waals surface area contributed by atoms with Gasteiger partial charge in [0, 0.05) is 12.7 Å². The van der Waals surface area contributed by atoms with E-state index < -0.39 is 18.2 Å². The van der Waals surface area contributed by atoms with Gasteiger partial charge in [-0.3, -0.25) is 5.32 Å². The highest BCUT2D eigenvalue weighted by molar-refractivity contribution is 5.90. The molecule has 4 rings (SSSR count). The van der Waals surface area contributed by atoms with Crippen molar-refractivity contribution in [3.8, 4) is 0 Å². The van der Waals surface area contributed by atoms with Crippen molar-refractivity contribution in [3.63, 3.8) is 0 Å². The summed E-state index contributed by atoms with van der Waals surface area (Å²) in [7, 11) is 0. The Balaban J connectivity index is 1.49. The Hall–Kier alpha value is -2.54. The standard InChI is InChI=1S/C19H23N3O4/c23-18(24)16(11-22-9-3-8-20-22)26-19(25)21-17-14-6-1-4-12(14)10-13-5-2-7-15(13)17/h3,9-10,16,20H,1-2,4-8,11H2,(H,21,25)(H,23,24). The number of fused-ring (bicyclic) bond motifs is 2. The molecular weight excluding hydrogens is 334 g/mol. The number of hydrogen-bond acceptors (Lipinski definition) is 5. The first kappa shape index (κ1) is 16.9. The fraction of sp³-hybridized carbons (Fsp3) is 0.474. The number of aryl methyl sites for hydroxylation is 2. The van der Waals surface area contributed by atoms with E-state index in [1.54, 1.807) is 11.2 Å². The fourth-order valence-corrected chi connectivity index (χ4v) is 4.10. The van der Waals surface area contributed by atoms with E-state index >= 15 is 0 Å². The number of benzene rings is 1. The summed E-state index contributed by atoms with van der Waals surface area (Å²) in [4.78, 5) is 23.9. The predicted molar refractivity (Wildman–Crippen MR) is 95.9 cm³/mol. The molecule has 1 atom stereocenters. The number of hydrazine groups is 1. The molecule has 2 aliphatic carbocycles. The summed E-state index contributed by atoms with van der Waals surface area (Å²) >= 11 is 0. The molecule has 1 amide bonds. The third-order valence-corrected chi connectivity index (χ3v) is 5.28. The van der Waals surface area contributed by atoms with Crippen molar-refractivity contribution in [2.24, 2.45) is 0 Å². The average Bonchev–Trinajstić information content (AvgIpc) is 3.35. The molecule has 1 unspecified atom stereocenters. The normalized spacial score (nSPS) is 18.5. The van der Waals surface area contributed by atoms with E-state index in [0.29, 0.717) is 6.54 Å². The molecule has 0 saturated heterocycles. The maximum absolute atomic E-state index is 12.4. The number of nitrogens with zero attached hydrogens (tertiary/aromatic N) is 1. The van der Waals surface area contributed by atoms with Crippen molar-refractivity contribution in [1.29, 1.82) is 0 Å². The minimum atomic E-state index is -1.24. The van der Waals surface area contributed by atoms with E-state index in [1.807, 2.05) is 6.08 Å². The maximum Gasteiger partial charge on any atom is 0.412 e. The lowest BCUT2D eigenvalue weighted by atomic mass is 9.99. The predicted octanol–water partition coefficient (Wildman–Crippen LogP) is 2.00. The molecule has 1 heterocycles. The molecule has 0 spiro atoms. The van der Waals surface area contributed by atoms with E-state index in [0.717, 1.165) is 44.2 Å². The molecule has 0 fully saturated rings. The summed E-state index contributed by atoms with van der Waals surface area (Å²) in [6, 6.07) is 2.28. The van der Waals surface area contributed by atoms with Gasteiger partial charge in [0.05, 0.1) is 12.2 Å². The zero-order valence-electron chi connectivity index (χ0n) is 14.6. The first-order valence-corrected chi connectivity index (χ1v) is 9.15. The van der Waals surface area contributed by atoms with Crippen molar-refractivity contribution < 1.29 is 19.4 Å². The van der Waals surface area contributed by atoms with Gasteiger partial charge in [0.2, 0.25) is 6.10 Å². The molecule has 138 valence electrons. The number of anilines is 1. The van der Waals surface area contributed by atoms with Crippen LogP contribution in [0.1, 0.15) is 35.1 Å². The smallest absolute Gasteiger partial charge is 0.412 e. The summed E-state index contributed by atoms with van der Waals surface area (Å²) in [5.74, 6) is -1.16. The van der Waals surface area contributed by atoms with Crippen LogP contribution in [0.15, 0.2) is 18.3 Å². The SMILES string of the molecule is O=C(Nc1c2c(cc3c1CCC3)CCC2)OC(CN1C=CCN1)C(=O)O. The van der Waals surface area contributed by atoms with Gasteiger partial charge in [-0.2, -0.15) is 0 Å². The van der Waals surface area contributed by atoms with Gasteiger partial charge in [-0.05, 0) is 60.8 Å². The van der Waals surface area contributed by atoms with Crippen LogP contribution in [0.2, 0.25) is 0 Å². The van der Waals surface area contributed by atoms with E-state index in [1.165, 1.54) is 22.3 Å². The van der Waals surface area contributed by atoms with Crippen LogP contribution in [0.5, 0.6) is 0 Å². The van der Waals surface area contributed by atoms with Crippen LogP contribution in [0, 0.1) is 0 Å². The van der Waals surface area contributed by atoms with Crippen LogP contribution in [-0.2, 0) is 35.2 Å². The molecular formula is C19H23N3O4. The highest BCUT2D eigenvalue weighted by atomic mass is 16.6. The van der Waals surface area contributed by atoms with Gasteiger partial charge in [-0.1, -0.05) is 12.1 Å². The fourth-order valence-electron chi connectivity index (χ4n) is 4.10. The van der Waals surface area contributed by atoms with Crippen LogP contribution in [-0.4, -0.2) is 41.4 Å². The van der Waals surface area contributed by atoms with Gasteiger partial charge in [-0.25, -0.2) is 15.0 Å². The maximum atomic E-state index is 12.4. The van der Waals surface area contributed by atoms with Crippen LogP contribution in [0.3, 0.4) is 0 Å². The zero-order valence-corrected chi connectivity index (χ0v) is 14.6. The molecule has 0 radical (unpaired) electrons. The van der Waals surface area contributed by atoms with E-state index in [9.17, 15) is 14.7 Å². The van der Waals surface area contributed by atoms with Crippen LogP contribution < -0.4 is 10.7 Å². The van der Waals surface area contributed by atoms with Crippen molar-refractivity contribution in [2.75, 3.05) is 18.4 Å². The number of carboxylic acids is 1. The first-order chi connectivity index (χ1) is 12.6. The second-order valence-electron chi connectivity index (χ2n) is 6.99. The van der Waals surface area contributed by atoms with Crippen molar-refractivity contribution in [1.82, 2.24) is 10.4 Å². The number of amides is 1. The van der Waals surface area contributed by atoms with Crippen molar-refractivity contribution in [2.45, 2.75) is 44.6 Å². The summed E-state index contributed by atoms with van der Waals surface area (Å²) in [6.45, 7) is 0.699. The number of ether oxygens (including phenoxy) is 1. The minimum Gasteiger partial charge on any atom is -0.478 e. The van der Waals surface area contributed by atoms with Gasteiger partial charge < -0.3 is 14.9 Å². The number of rotatable bonds is 5. The summed E-state index contributed by atoms with van der Waals surface area (Å²) in [6.07, 6.45) is 7.83. The summed E-state index contributed by atoms with van der Waals surface area (Å²) in [5, 5.41) is 13.9. The average molecular weight is 357 g/mol. The van der Waals surface area contributed by atoms with Crippen molar-refractivity contribution >= 4 is 17.7 Å². The monoisotopic (exact) mass is 357 g/mol. The van der Waals surface area contributed by atoms with E-state index in [-0.39, 0.29) is 6.54 Å². The number of nitrogens with one attached hydrogen (secondary N) is 2. The Morgan fingerprint density at radius 1 is 1.19 bits per heavy atom. The first-order valence-electron chi connectivity index (χ1n) is 9.15. The summed E-state index contributed by atoms with van der Waals surface area (Å²) in [5.41, 5.74) is 8.84. The summed E-state index contributed by atoms with van der Waals surface area (Å²) < 4.78 is 5.23. The molecule has 1 aromatic carbocycles. The van der Waals surface area contributed by atoms with Gasteiger partial charge in [-0.15, -0.1) is 0 Å². The second kappa shape index (κ2) is 6.99. The lowest BCUT2D eigenvalue weighted by Gasteiger charge is -2.22. The number of carbonyl (C=O) groups is 2. The van der Waals surface area contributed by atoms with Crippen LogP contribution >= 0.6 is 0 Å². The number of carboxylic acid groups (broad SMARTS) is 1. The lowest BCUT2D eigenvalue weighted by molar-refractivity contribution is -0.147. The number of aliphatic carboxylic acids is 1. The minimum absolute atomic E-state index is 0.0598. The van der Waals surface area contributed by atoms with Crippen LogP contribution in [0.25, 0.3) is 0 Å². The van der Waals surface area contributed by atoms with Crippen LogP contribution in [0.4, 0.5) is 10.5 Å². The molecule has 0 saturated carbocycles. The van der Waals surface area contributed by atoms with Gasteiger partial charge >= 0.3 is 12.1 Å². The molecule has 7 nitrogen and oxygen atoms in total. The van der Waals surface area contributed by atoms with Gasteiger partial charge in [0.15, 0.2) is 0 Å².